The van der Waals surface area contributed by atoms with Gasteiger partial charge in [-0.2, -0.15) is 0 Å². The van der Waals surface area contributed by atoms with Crippen LogP contribution in [0, 0.1) is 13.8 Å². The highest BCUT2D eigenvalue weighted by molar-refractivity contribution is 7.11. The van der Waals surface area contributed by atoms with E-state index in [2.05, 4.69) is 10.3 Å². The number of methoxy groups -OCH3 is 1. The van der Waals surface area contributed by atoms with Gasteiger partial charge in [0.25, 0.3) is 11.8 Å². The molecular formula is C16H18ClN3O4S. The van der Waals surface area contributed by atoms with Gasteiger partial charge in [-0.15, -0.1) is 11.3 Å². The maximum atomic E-state index is 12.4. The molecule has 1 aromatic heterocycles. The number of nitrogens with one attached hydrogen (secondary N) is 1. The Bertz CT molecular complexity index is 807. The molecule has 0 fully saturated rings. The van der Waals surface area contributed by atoms with Crippen molar-refractivity contribution in [2.24, 2.45) is 5.73 Å². The van der Waals surface area contributed by atoms with Crippen LogP contribution in [0.1, 0.15) is 25.9 Å². The first-order chi connectivity index (χ1) is 11.8. The van der Waals surface area contributed by atoms with Gasteiger partial charge in [0, 0.05) is 10.4 Å². The van der Waals surface area contributed by atoms with Gasteiger partial charge in [0.2, 0.25) is 0 Å². The summed E-state index contributed by atoms with van der Waals surface area (Å²) in [5, 5.41) is 3.92. The van der Waals surface area contributed by atoms with Gasteiger partial charge in [-0.25, -0.2) is 4.98 Å². The molecular weight excluding hydrogens is 366 g/mol. The zero-order valence-corrected chi connectivity index (χ0v) is 15.6. The molecule has 2 rings (SSSR count). The van der Waals surface area contributed by atoms with Crippen LogP contribution in [0.3, 0.4) is 0 Å². The second kappa shape index (κ2) is 8.17. The molecule has 0 saturated heterocycles. The van der Waals surface area contributed by atoms with E-state index in [4.69, 9.17) is 26.8 Å². The molecule has 3 N–H and O–H groups in total. The number of thiazole rings is 1. The maximum absolute atomic E-state index is 12.4. The van der Waals surface area contributed by atoms with E-state index in [0.29, 0.717) is 12.1 Å². The molecule has 7 nitrogen and oxygen atoms in total. The van der Waals surface area contributed by atoms with E-state index in [0.717, 1.165) is 15.6 Å². The number of benzene rings is 1. The molecule has 134 valence electrons. The summed E-state index contributed by atoms with van der Waals surface area (Å²) in [5.41, 5.74) is 6.26. The van der Waals surface area contributed by atoms with Gasteiger partial charge in [-0.3, -0.25) is 9.59 Å². The van der Waals surface area contributed by atoms with Crippen LogP contribution in [0.15, 0.2) is 12.1 Å². The minimum Gasteiger partial charge on any atom is -0.493 e. The largest absolute Gasteiger partial charge is 0.493 e. The highest BCUT2D eigenvalue weighted by Crippen LogP contribution is 2.36. The number of primary amides is 1. The fourth-order valence-corrected chi connectivity index (χ4v) is 3.28. The lowest BCUT2D eigenvalue weighted by atomic mass is 10.2. The van der Waals surface area contributed by atoms with Crippen LogP contribution in [0.5, 0.6) is 11.5 Å². The van der Waals surface area contributed by atoms with Gasteiger partial charge >= 0.3 is 0 Å². The van der Waals surface area contributed by atoms with Gasteiger partial charge in [0.15, 0.2) is 18.1 Å². The van der Waals surface area contributed by atoms with Crippen molar-refractivity contribution < 1.29 is 19.1 Å². The number of nitrogens with two attached hydrogens (primary N) is 1. The van der Waals surface area contributed by atoms with E-state index in [1.165, 1.54) is 30.6 Å². The molecule has 1 heterocycles. The minimum atomic E-state index is -0.643. The third-order valence-corrected chi connectivity index (χ3v) is 4.61. The summed E-state index contributed by atoms with van der Waals surface area (Å²) in [6.07, 6.45) is 0. The summed E-state index contributed by atoms with van der Waals surface area (Å²) in [7, 11) is 1.41. The van der Waals surface area contributed by atoms with Crippen molar-refractivity contribution in [3.63, 3.8) is 0 Å². The summed E-state index contributed by atoms with van der Waals surface area (Å²) in [6.45, 7) is 3.84. The Kier molecular flexibility index (Phi) is 6.22. The molecule has 2 amide bonds. The molecule has 0 aliphatic carbocycles. The summed E-state index contributed by atoms with van der Waals surface area (Å²) in [4.78, 5) is 28.5. The summed E-state index contributed by atoms with van der Waals surface area (Å²) < 4.78 is 10.4. The van der Waals surface area contributed by atoms with E-state index >= 15 is 0 Å². The van der Waals surface area contributed by atoms with E-state index in [9.17, 15) is 9.59 Å². The molecule has 0 aliphatic heterocycles. The third-order valence-electron chi connectivity index (χ3n) is 3.26. The van der Waals surface area contributed by atoms with Crippen molar-refractivity contribution in [1.82, 2.24) is 10.3 Å². The average Bonchev–Trinajstić information content (AvgIpc) is 2.88. The highest BCUT2D eigenvalue weighted by Gasteiger charge is 2.17. The Morgan fingerprint density at radius 1 is 1.36 bits per heavy atom. The minimum absolute atomic E-state index is 0.149. The predicted octanol–water partition coefficient (Wildman–Crippen LogP) is 2.22. The zero-order valence-electron chi connectivity index (χ0n) is 14.0. The van der Waals surface area contributed by atoms with Crippen molar-refractivity contribution in [2.75, 3.05) is 13.7 Å². The standard InChI is InChI=1S/C16H18ClN3O4S/c1-8-13(25-9(2)20-8)6-19-16(22)10-4-11(17)15(12(5-10)23-3)24-7-14(18)21/h4-5H,6-7H2,1-3H3,(H2,18,21)(H,19,22). The van der Waals surface area contributed by atoms with Crippen LogP contribution in [-0.2, 0) is 11.3 Å². The number of carbonyl (C=O) groups is 2. The van der Waals surface area contributed by atoms with Crippen LogP contribution < -0.4 is 20.5 Å². The second-order valence-electron chi connectivity index (χ2n) is 5.17. The third kappa shape index (κ3) is 4.83. The molecule has 0 radical (unpaired) electrons. The Hall–Kier alpha value is -2.32. The lowest BCUT2D eigenvalue weighted by molar-refractivity contribution is -0.119. The predicted molar refractivity (Wildman–Crippen MR) is 95.5 cm³/mol. The lowest BCUT2D eigenvalue weighted by Gasteiger charge is -2.13. The number of aryl methyl sites for hydroxylation is 2. The molecule has 25 heavy (non-hydrogen) atoms. The van der Waals surface area contributed by atoms with E-state index < -0.39 is 5.91 Å². The Morgan fingerprint density at radius 3 is 2.64 bits per heavy atom. The van der Waals surface area contributed by atoms with Gasteiger partial charge in [0.1, 0.15) is 0 Å². The number of carbonyl (C=O) groups excluding carboxylic acids is 2. The Morgan fingerprint density at radius 2 is 2.08 bits per heavy atom. The molecule has 0 bridgehead atoms. The monoisotopic (exact) mass is 383 g/mol. The first kappa shape index (κ1) is 19.0. The lowest BCUT2D eigenvalue weighted by Crippen LogP contribution is -2.23. The number of aromatic nitrogens is 1. The van der Waals surface area contributed by atoms with Gasteiger partial charge in [-0.1, -0.05) is 11.6 Å². The van der Waals surface area contributed by atoms with Gasteiger partial charge < -0.3 is 20.5 Å². The quantitative estimate of drug-likeness (QED) is 0.762. The van der Waals surface area contributed by atoms with E-state index in [-0.39, 0.29) is 29.0 Å². The first-order valence-electron chi connectivity index (χ1n) is 7.31. The molecule has 0 saturated carbocycles. The number of halogens is 1. The molecule has 0 spiro atoms. The molecule has 0 atom stereocenters. The maximum Gasteiger partial charge on any atom is 0.255 e. The SMILES string of the molecule is COc1cc(C(=O)NCc2sc(C)nc2C)cc(Cl)c1OCC(N)=O. The number of amides is 2. The van der Waals surface area contributed by atoms with Crippen molar-refractivity contribution in [2.45, 2.75) is 20.4 Å². The van der Waals surface area contributed by atoms with Crippen molar-refractivity contribution >= 4 is 34.8 Å². The van der Waals surface area contributed by atoms with E-state index in [1.807, 2.05) is 13.8 Å². The number of hydrogen-bond donors (Lipinski definition) is 2. The molecule has 2 aromatic rings. The Labute approximate surface area is 154 Å². The van der Waals surface area contributed by atoms with Crippen LogP contribution in [0.2, 0.25) is 5.02 Å². The fourth-order valence-electron chi connectivity index (χ4n) is 2.13. The molecule has 0 unspecified atom stereocenters. The van der Waals surface area contributed by atoms with Gasteiger partial charge in [0.05, 0.1) is 29.4 Å². The molecule has 1 aromatic carbocycles. The molecule has 9 heteroatoms. The first-order valence-corrected chi connectivity index (χ1v) is 8.51. The topological polar surface area (TPSA) is 104 Å². The second-order valence-corrected chi connectivity index (χ2v) is 6.86. The van der Waals surface area contributed by atoms with E-state index in [1.54, 1.807) is 0 Å². The van der Waals surface area contributed by atoms with Crippen molar-refractivity contribution in [3.05, 3.63) is 38.3 Å². The number of rotatable bonds is 7. The van der Waals surface area contributed by atoms with Crippen molar-refractivity contribution in [1.29, 1.82) is 0 Å². The zero-order chi connectivity index (χ0) is 18.6. The van der Waals surface area contributed by atoms with Gasteiger partial charge in [-0.05, 0) is 26.0 Å². The smallest absolute Gasteiger partial charge is 0.255 e. The highest BCUT2D eigenvalue weighted by atomic mass is 35.5. The van der Waals surface area contributed by atoms with Crippen LogP contribution in [-0.4, -0.2) is 30.5 Å². The fraction of sp³-hybridized carbons (Fsp3) is 0.312. The summed E-state index contributed by atoms with van der Waals surface area (Å²) >= 11 is 7.68. The van der Waals surface area contributed by atoms with Crippen LogP contribution >= 0.6 is 22.9 Å². The summed E-state index contributed by atoms with van der Waals surface area (Å²) in [5.74, 6) is -0.556. The number of nitrogens with zero attached hydrogens (tertiary/aromatic N) is 1. The van der Waals surface area contributed by atoms with Crippen molar-refractivity contribution in [3.8, 4) is 11.5 Å². The number of hydrogen-bond acceptors (Lipinski definition) is 6. The normalized spacial score (nSPS) is 10.4. The Balaban J connectivity index is 2.15. The summed E-state index contributed by atoms with van der Waals surface area (Å²) in [6, 6.07) is 2.93. The molecule has 0 aliphatic rings. The average molecular weight is 384 g/mol. The van der Waals surface area contributed by atoms with Crippen LogP contribution in [0.25, 0.3) is 0 Å². The van der Waals surface area contributed by atoms with Crippen LogP contribution in [0.4, 0.5) is 0 Å². The number of ether oxygens (including phenoxy) is 2.